The number of hydrogen-bond donors (Lipinski definition) is 1. The van der Waals surface area contributed by atoms with Gasteiger partial charge in [-0.2, -0.15) is 0 Å². The van der Waals surface area contributed by atoms with Gasteiger partial charge >= 0.3 is 0 Å². The molecule has 0 saturated carbocycles. The van der Waals surface area contributed by atoms with Crippen molar-refractivity contribution in [3.05, 3.63) is 53.8 Å². The Bertz CT molecular complexity index is 959. The Morgan fingerprint density at radius 3 is 2.80 bits per heavy atom. The number of amides is 1. The molecule has 0 radical (unpaired) electrons. The van der Waals surface area contributed by atoms with E-state index in [0.717, 1.165) is 38.2 Å². The van der Waals surface area contributed by atoms with E-state index in [-0.39, 0.29) is 11.7 Å². The third-order valence-electron chi connectivity index (χ3n) is 6.81. The van der Waals surface area contributed by atoms with Crippen molar-refractivity contribution in [3.8, 4) is 5.75 Å². The third-order valence-corrected chi connectivity index (χ3v) is 6.81. The molecule has 3 aliphatic heterocycles. The number of nitrogens with one attached hydrogen (secondary N) is 1. The second-order valence-electron chi connectivity index (χ2n) is 9.05. The van der Waals surface area contributed by atoms with Crippen LogP contribution in [-0.2, 0) is 4.79 Å². The quantitative estimate of drug-likeness (QED) is 0.758. The summed E-state index contributed by atoms with van der Waals surface area (Å²) in [5, 5.41) is 3.11. The Kier molecular flexibility index (Phi) is 4.69. The first-order valence-electron chi connectivity index (χ1n) is 10.8. The van der Waals surface area contributed by atoms with E-state index in [2.05, 4.69) is 27.2 Å². The molecule has 2 atom stereocenters. The fourth-order valence-electron chi connectivity index (χ4n) is 5.31. The van der Waals surface area contributed by atoms with Crippen LogP contribution in [0.3, 0.4) is 0 Å². The summed E-state index contributed by atoms with van der Waals surface area (Å²) in [6.45, 7) is 7.68. The molecular formula is C24H28FN3O2. The lowest BCUT2D eigenvalue weighted by molar-refractivity contribution is -0.120. The first kappa shape index (κ1) is 19.4. The average molecular weight is 410 g/mol. The maximum atomic E-state index is 13.0. The molecule has 3 aliphatic rings. The van der Waals surface area contributed by atoms with Crippen LogP contribution in [0.2, 0.25) is 0 Å². The van der Waals surface area contributed by atoms with Gasteiger partial charge in [-0.05, 0) is 62.6 Å². The number of benzene rings is 2. The van der Waals surface area contributed by atoms with Crippen molar-refractivity contribution in [3.63, 3.8) is 0 Å². The molecule has 1 N–H and O–H groups in total. The second kappa shape index (κ2) is 7.27. The molecule has 30 heavy (non-hydrogen) atoms. The van der Waals surface area contributed by atoms with E-state index in [1.165, 1.54) is 23.4 Å². The molecule has 1 saturated heterocycles. The monoisotopic (exact) mass is 409 g/mol. The number of rotatable bonds is 5. The highest BCUT2D eigenvalue weighted by molar-refractivity contribution is 6.07. The van der Waals surface area contributed by atoms with Crippen LogP contribution in [0.5, 0.6) is 5.75 Å². The molecule has 5 nitrogen and oxygen atoms in total. The lowest BCUT2D eigenvalue weighted by atomic mass is 9.88. The highest BCUT2D eigenvalue weighted by Crippen LogP contribution is 2.53. The van der Waals surface area contributed by atoms with Crippen LogP contribution >= 0.6 is 0 Å². The fourth-order valence-corrected chi connectivity index (χ4v) is 5.31. The number of carbonyl (C=O) groups is 1. The first-order chi connectivity index (χ1) is 14.4. The summed E-state index contributed by atoms with van der Waals surface area (Å²) < 4.78 is 18.7. The van der Waals surface area contributed by atoms with Gasteiger partial charge in [0.05, 0.1) is 18.0 Å². The van der Waals surface area contributed by atoms with Crippen LogP contribution in [0.25, 0.3) is 0 Å². The zero-order chi connectivity index (χ0) is 20.9. The molecule has 1 fully saturated rings. The Morgan fingerprint density at radius 2 is 2.00 bits per heavy atom. The standard InChI is InChI=1S/C24H28FN3O2/c1-24(2)23(29)26-20-6-3-5-18-19-15-27(13-11-21(19)28(24)22(18)20)12-4-14-30-17-9-7-16(25)8-10-17/h3,5-10,19,21H,4,11-15H2,1-2H3,(H,26,29)/t19-,21-/m0/s1. The van der Waals surface area contributed by atoms with Gasteiger partial charge in [0, 0.05) is 31.6 Å². The van der Waals surface area contributed by atoms with Crippen molar-refractivity contribution in [2.45, 2.75) is 44.2 Å². The molecule has 2 aromatic carbocycles. The maximum absolute atomic E-state index is 13.0. The summed E-state index contributed by atoms with van der Waals surface area (Å²) in [5.41, 5.74) is 3.00. The van der Waals surface area contributed by atoms with E-state index < -0.39 is 5.54 Å². The lowest BCUT2D eigenvalue weighted by Crippen LogP contribution is -2.60. The smallest absolute Gasteiger partial charge is 0.249 e. The van der Waals surface area contributed by atoms with Crippen molar-refractivity contribution >= 4 is 17.3 Å². The van der Waals surface area contributed by atoms with Gasteiger partial charge in [0.2, 0.25) is 5.91 Å². The molecule has 0 bridgehead atoms. The predicted molar refractivity (Wildman–Crippen MR) is 116 cm³/mol. The molecule has 0 spiro atoms. The Balaban J connectivity index is 1.25. The van der Waals surface area contributed by atoms with Gasteiger partial charge in [0.15, 0.2) is 0 Å². The summed E-state index contributed by atoms with van der Waals surface area (Å²) in [4.78, 5) is 17.6. The highest BCUT2D eigenvalue weighted by atomic mass is 19.1. The summed E-state index contributed by atoms with van der Waals surface area (Å²) in [6.07, 6.45) is 1.98. The molecular weight excluding hydrogens is 381 g/mol. The zero-order valence-corrected chi connectivity index (χ0v) is 17.5. The molecule has 158 valence electrons. The second-order valence-corrected chi connectivity index (χ2v) is 9.05. The summed E-state index contributed by atoms with van der Waals surface area (Å²) in [7, 11) is 0. The van der Waals surface area contributed by atoms with Crippen molar-refractivity contribution in [1.82, 2.24) is 4.90 Å². The predicted octanol–water partition coefficient (Wildman–Crippen LogP) is 4.00. The summed E-state index contributed by atoms with van der Waals surface area (Å²) in [6, 6.07) is 12.8. The van der Waals surface area contributed by atoms with Gasteiger partial charge in [-0.15, -0.1) is 0 Å². The van der Waals surface area contributed by atoms with Crippen molar-refractivity contribution in [1.29, 1.82) is 0 Å². The average Bonchev–Trinajstić information content (AvgIpc) is 3.07. The van der Waals surface area contributed by atoms with Crippen molar-refractivity contribution < 1.29 is 13.9 Å². The number of fused-ring (bicyclic) bond motifs is 3. The minimum absolute atomic E-state index is 0.0770. The van der Waals surface area contributed by atoms with Gasteiger partial charge in [-0.3, -0.25) is 4.79 Å². The van der Waals surface area contributed by atoms with Gasteiger partial charge in [-0.25, -0.2) is 4.39 Å². The van der Waals surface area contributed by atoms with Crippen molar-refractivity contribution in [2.24, 2.45) is 0 Å². The number of halogens is 1. The third kappa shape index (κ3) is 3.14. The SMILES string of the molecule is CC1(C)C(=O)Nc2cccc3c2N1[C@H]1CCN(CCCOc2ccc(F)cc2)C[C@@H]31. The number of carbonyl (C=O) groups excluding carboxylic acids is 1. The Morgan fingerprint density at radius 1 is 1.20 bits per heavy atom. The van der Waals surface area contributed by atoms with Crippen LogP contribution in [0, 0.1) is 5.82 Å². The molecule has 2 aromatic rings. The molecule has 0 aliphatic carbocycles. The van der Waals surface area contributed by atoms with Crippen LogP contribution in [0.15, 0.2) is 42.5 Å². The van der Waals surface area contributed by atoms with Crippen LogP contribution < -0.4 is 15.0 Å². The van der Waals surface area contributed by atoms with E-state index in [0.29, 0.717) is 24.3 Å². The molecule has 6 heteroatoms. The minimum atomic E-state index is -0.534. The number of likely N-dealkylation sites (tertiary alicyclic amines) is 1. The minimum Gasteiger partial charge on any atom is -0.494 e. The normalized spacial score (nSPS) is 24.2. The largest absolute Gasteiger partial charge is 0.494 e. The van der Waals surface area contributed by atoms with Gasteiger partial charge in [0.25, 0.3) is 0 Å². The molecule has 0 unspecified atom stereocenters. The van der Waals surface area contributed by atoms with E-state index in [1.807, 2.05) is 19.9 Å². The summed E-state index contributed by atoms with van der Waals surface area (Å²) in [5.74, 6) is 0.955. The first-order valence-corrected chi connectivity index (χ1v) is 10.8. The van der Waals surface area contributed by atoms with Crippen molar-refractivity contribution in [2.75, 3.05) is 36.5 Å². The molecule has 5 rings (SSSR count). The van der Waals surface area contributed by atoms with Gasteiger partial charge < -0.3 is 19.9 Å². The van der Waals surface area contributed by atoms with Gasteiger partial charge in [-0.1, -0.05) is 12.1 Å². The Labute approximate surface area is 176 Å². The number of ether oxygens (including phenoxy) is 1. The van der Waals surface area contributed by atoms with E-state index >= 15 is 0 Å². The van der Waals surface area contributed by atoms with E-state index in [4.69, 9.17) is 4.74 Å². The Hall–Kier alpha value is -2.60. The van der Waals surface area contributed by atoms with Gasteiger partial charge in [0.1, 0.15) is 17.1 Å². The zero-order valence-electron chi connectivity index (χ0n) is 17.5. The molecule has 1 amide bonds. The summed E-state index contributed by atoms with van der Waals surface area (Å²) >= 11 is 0. The maximum Gasteiger partial charge on any atom is 0.249 e. The topological polar surface area (TPSA) is 44.8 Å². The highest BCUT2D eigenvalue weighted by Gasteiger charge is 2.52. The lowest BCUT2D eigenvalue weighted by Gasteiger charge is -2.47. The van der Waals surface area contributed by atoms with Crippen LogP contribution in [0.4, 0.5) is 15.8 Å². The van der Waals surface area contributed by atoms with E-state index in [9.17, 15) is 9.18 Å². The number of hydrogen-bond acceptors (Lipinski definition) is 4. The molecule has 0 aromatic heterocycles. The number of para-hydroxylation sites is 1. The fraction of sp³-hybridized carbons (Fsp3) is 0.458. The number of piperidine rings is 1. The molecule has 3 heterocycles. The van der Waals surface area contributed by atoms with Crippen LogP contribution in [0.1, 0.15) is 38.2 Å². The van der Waals surface area contributed by atoms with E-state index in [1.54, 1.807) is 12.1 Å². The number of nitrogens with zero attached hydrogens (tertiary/aromatic N) is 2. The van der Waals surface area contributed by atoms with Crippen LogP contribution in [-0.4, -0.2) is 48.6 Å². The number of anilines is 2.